The van der Waals surface area contributed by atoms with Crippen LogP contribution < -0.4 is 5.32 Å². The number of hydrogen-bond donors (Lipinski definition) is 1. The molecule has 1 aromatic carbocycles. The maximum absolute atomic E-state index is 12.6. The zero-order valence-electron chi connectivity index (χ0n) is 16.2. The van der Waals surface area contributed by atoms with Crippen LogP contribution in [0.4, 0.5) is 4.79 Å². The van der Waals surface area contributed by atoms with Crippen LogP contribution in [0, 0.1) is 13.8 Å². The number of amides is 1. The molecule has 0 aliphatic rings. The van der Waals surface area contributed by atoms with Gasteiger partial charge in [0.25, 0.3) is 0 Å². The molecule has 1 amide bonds. The number of nitrogens with one attached hydrogen (secondary N) is 1. The van der Waals surface area contributed by atoms with E-state index in [9.17, 15) is 9.59 Å². The standard InChI is InChI=1S/C20H29NO4/c1-8-9-12-20(7,21-18(23)25-19(4,5)6)24-17(22)16-11-10-14(2)13-15(16)3/h9-13H,8H2,1-7H3,(H,21,23)/b12-9-. The lowest BCUT2D eigenvalue weighted by Gasteiger charge is -2.29. The third-order valence-electron chi connectivity index (χ3n) is 3.33. The minimum absolute atomic E-state index is 0.465. The molecule has 1 aromatic rings. The third-order valence-corrected chi connectivity index (χ3v) is 3.33. The summed E-state index contributed by atoms with van der Waals surface area (Å²) in [4.78, 5) is 24.7. The van der Waals surface area contributed by atoms with Crippen molar-refractivity contribution in [1.82, 2.24) is 5.32 Å². The normalized spacial score (nSPS) is 14.0. The zero-order valence-corrected chi connectivity index (χ0v) is 16.2. The molecular formula is C20H29NO4. The van der Waals surface area contributed by atoms with E-state index in [1.165, 1.54) is 0 Å². The Morgan fingerprint density at radius 2 is 1.76 bits per heavy atom. The van der Waals surface area contributed by atoms with Gasteiger partial charge in [-0.3, -0.25) is 5.32 Å². The first-order valence-electron chi connectivity index (χ1n) is 8.45. The Hall–Kier alpha value is -2.30. The lowest BCUT2D eigenvalue weighted by Crippen LogP contribution is -2.49. The van der Waals surface area contributed by atoms with Gasteiger partial charge in [0, 0.05) is 0 Å². The van der Waals surface area contributed by atoms with Crippen molar-refractivity contribution in [3.05, 3.63) is 47.0 Å². The second kappa shape index (κ2) is 8.19. The van der Waals surface area contributed by atoms with Gasteiger partial charge in [-0.15, -0.1) is 0 Å². The number of carbonyl (C=O) groups is 2. The molecule has 0 fully saturated rings. The Kier molecular flexibility index (Phi) is 6.79. The minimum atomic E-state index is -1.30. The van der Waals surface area contributed by atoms with Crippen LogP contribution >= 0.6 is 0 Å². The molecule has 1 unspecified atom stereocenters. The van der Waals surface area contributed by atoms with Crippen molar-refractivity contribution in [3.63, 3.8) is 0 Å². The van der Waals surface area contributed by atoms with Gasteiger partial charge in [0.05, 0.1) is 5.56 Å². The first kappa shape index (κ1) is 20.7. The number of aryl methyl sites for hydroxylation is 2. The van der Waals surface area contributed by atoms with Gasteiger partial charge in [0.1, 0.15) is 5.60 Å². The van der Waals surface area contributed by atoms with Gasteiger partial charge in [0.2, 0.25) is 5.72 Å². The summed E-state index contributed by atoms with van der Waals surface area (Å²) >= 11 is 0. The molecule has 5 nitrogen and oxygen atoms in total. The van der Waals surface area contributed by atoms with Crippen LogP contribution in [0.3, 0.4) is 0 Å². The minimum Gasteiger partial charge on any atom is -0.444 e. The largest absolute Gasteiger partial charge is 0.444 e. The Labute approximate surface area is 150 Å². The van der Waals surface area contributed by atoms with Crippen LogP contribution in [-0.2, 0) is 9.47 Å². The number of carbonyl (C=O) groups excluding carboxylic acids is 2. The summed E-state index contributed by atoms with van der Waals surface area (Å²) in [6.45, 7) is 12.7. The van der Waals surface area contributed by atoms with Crippen molar-refractivity contribution in [2.24, 2.45) is 0 Å². The Bertz CT molecular complexity index is 658. The van der Waals surface area contributed by atoms with E-state index in [-0.39, 0.29) is 0 Å². The number of esters is 1. The molecule has 0 aromatic heterocycles. The van der Waals surface area contributed by atoms with E-state index in [1.807, 2.05) is 39.0 Å². The fourth-order valence-electron chi connectivity index (χ4n) is 2.24. The van der Waals surface area contributed by atoms with Crippen molar-refractivity contribution in [2.75, 3.05) is 0 Å². The Balaban J connectivity index is 2.99. The van der Waals surface area contributed by atoms with Crippen LogP contribution in [0.5, 0.6) is 0 Å². The van der Waals surface area contributed by atoms with Crippen LogP contribution in [0.2, 0.25) is 0 Å². The summed E-state index contributed by atoms with van der Waals surface area (Å²) in [7, 11) is 0. The quantitative estimate of drug-likeness (QED) is 0.478. The summed E-state index contributed by atoms with van der Waals surface area (Å²) in [6.07, 6.45) is 3.57. The van der Waals surface area contributed by atoms with Gasteiger partial charge in [-0.05, 0) is 65.7 Å². The molecule has 0 bridgehead atoms. The lowest BCUT2D eigenvalue weighted by molar-refractivity contribution is -0.0115. The van der Waals surface area contributed by atoms with E-state index < -0.39 is 23.4 Å². The molecule has 138 valence electrons. The van der Waals surface area contributed by atoms with Gasteiger partial charge >= 0.3 is 12.1 Å². The van der Waals surface area contributed by atoms with E-state index in [0.717, 1.165) is 17.5 Å². The summed E-state index contributed by atoms with van der Waals surface area (Å²) in [5.41, 5.74) is 0.412. The van der Waals surface area contributed by atoms with Gasteiger partial charge < -0.3 is 9.47 Å². The average Bonchev–Trinajstić information content (AvgIpc) is 2.42. The van der Waals surface area contributed by atoms with Gasteiger partial charge in [-0.2, -0.15) is 0 Å². The summed E-state index contributed by atoms with van der Waals surface area (Å²) < 4.78 is 10.9. The van der Waals surface area contributed by atoms with E-state index in [1.54, 1.807) is 39.8 Å². The van der Waals surface area contributed by atoms with Gasteiger partial charge in [-0.25, -0.2) is 9.59 Å². The van der Waals surface area contributed by atoms with E-state index >= 15 is 0 Å². The fraction of sp³-hybridized carbons (Fsp3) is 0.500. The zero-order chi connectivity index (χ0) is 19.3. The maximum atomic E-state index is 12.6. The highest BCUT2D eigenvalue weighted by Gasteiger charge is 2.31. The predicted octanol–water partition coefficient (Wildman–Crippen LogP) is 4.67. The second-order valence-electron chi connectivity index (χ2n) is 7.25. The monoisotopic (exact) mass is 347 g/mol. The Morgan fingerprint density at radius 3 is 2.28 bits per heavy atom. The lowest BCUT2D eigenvalue weighted by atomic mass is 10.1. The molecule has 0 aliphatic carbocycles. The number of rotatable bonds is 5. The molecule has 5 heteroatoms. The number of benzene rings is 1. The molecule has 25 heavy (non-hydrogen) atoms. The van der Waals surface area contributed by atoms with Crippen molar-refractivity contribution >= 4 is 12.1 Å². The highest BCUT2D eigenvalue weighted by molar-refractivity contribution is 5.91. The molecule has 0 heterocycles. The third kappa shape index (κ3) is 6.99. The van der Waals surface area contributed by atoms with Gasteiger partial charge in [-0.1, -0.05) is 30.7 Å². The van der Waals surface area contributed by atoms with Crippen LogP contribution in [0.25, 0.3) is 0 Å². The molecule has 1 rings (SSSR count). The van der Waals surface area contributed by atoms with Crippen LogP contribution in [-0.4, -0.2) is 23.4 Å². The highest BCUT2D eigenvalue weighted by Crippen LogP contribution is 2.18. The summed E-state index contributed by atoms with van der Waals surface area (Å²) in [5.74, 6) is -0.503. The van der Waals surface area contributed by atoms with Gasteiger partial charge in [0.15, 0.2) is 0 Å². The van der Waals surface area contributed by atoms with E-state index in [2.05, 4.69) is 5.32 Å². The molecule has 0 radical (unpaired) electrons. The molecule has 0 saturated carbocycles. The maximum Gasteiger partial charge on any atom is 0.410 e. The number of ether oxygens (including phenoxy) is 2. The van der Waals surface area contributed by atoms with Crippen molar-refractivity contribution in [1.29, 1.82) is 0 Å². The fourth-order valence-corrected chi connectivity index (χ4v) is 2.24. The highest BCUT2D eigenvalue weighted by atomic mass is 16.6. The first-order valence-corrected chi connectivity index (χ1v) is 8.45. The number of alkyl carbamates (subject to hydrolysis) is 1. The Morgan fingerprint density at radius 1 is 1.12 bits per heavy atom. The number of allylic oxidation sites excluding steroid dienone is 1. The SMILES string of the molecule is CC/C=C\C(C)(NC(=O)OC(C)(C)C)OC(=O)c1ccc(C)cc1C. The van der Waals surface area contributed by atoms with E-state index in [4.69, 9.17) is 9.47 Å². The summed E-state index contributed by atoms with van der Waals surface area (Å²) in [6, 6.07) is 5.49. The molecule has 0 spiro atoms. The topological polar surface area (TPSA) is 64.6 Å². The van der Waals surface area contributed by atoms with Crippen molar-refractivity contribution < 1.29 is 19.1 Å². The van der Waals surface area contributed by atoms with E-state index in [0.29, 0.717) is 5.56 Å². The van der Waals surface area contributed by atoms with Crippen molar-refractivity contribution in [3.8, 4) is 0 Å². The first-order chi connectivity index (χ1) is 11.5. The van der Waals surface area contributed by atoms with Crippen LogP contribution in [0.1, 0.15) is 62.5 Å². The molecular weight excluding hydrogens is 318 g/mol. The second-order valence-corrected chi connectivity index (χ2v) is 7.25. The average molecular weight is 347 g/mol. The molecule has 0 saturated heterocycles. The smallest absolute Gasteiger partial charge is 0.410 e. The summed E-state index contributed by atoms with van der Waals surface area (Å²) in [5, 5.41) is 2.63. The molecule has 0 aliphatic heterocycles. The molecule has 1 atom stereocenters. The predicted molar refractivity (Wildman–Crippen MR) is 98.5 cm³/mol. The van der Waals surface area contributed by atoms with Crippen molar-refractivity contribution in [2.45, 2.75) is 66.2 Å². The molecule has 1 N–H and O–H groups in total. The van der Waals surface area contributed by atoms with Crippen LogP contribution in [0.15, 0.2) is 30.4 Å². The number of hydrogen-bond acceptors (Lipinski definition) is 4.